The van der Waals surface area contributed by atoms with E-state index in [2.05, 4.69) is 17.0 Å². The van der Waals surface area contributed by atoms with Crippen molar-refractivity contribution in [2.45, 2.75) is 26.4 Å². The zero-order chi connectivity index (χ0) is 18.4. The van der Waals surface area contributed by atoms with E-state index in [0.717, 1.165) is 48.9 Å². The highest BCUT2D eigenvalue weighted by atomic mass is 35.5. The van der Waals surface area contributed by atoms with Crippen LogP contribution in [0.5, 0.6) is 5.75 Å². The van der Waals surface area contributed by atoms with Crippen molar-refractivity contribution in [2.24, 2.45) is 0 Å². The van der Waals surface area contributed by atoms with E-state index in [1.54, 1.807) is 0 Å². The molecule has 0 N–H and O–H groups in total. The van der Waals surface area contributed by atoms with Gasteiger partial charge in [-0.05, 0) is 48.4 Å². The fourth-order valence-electron chi connectivity index (χ4n) is 3.09. The summed E-state index contributed by atoms with van der Waals surface area (Å²) in [6, 6.07) is 15.8. The molecule has 2 aromatic carbocycles. The van der Waals surface area contributed by atoms with Crippen LogP contribution in [0.15, 0.2) is 48.5 Å². The van der Waals surface area contributed by atoms with Crippen LogP contribution in [0, 0.1) is 0 Å². The normalized spacial score (nSPS) is 14.4. The number of benzene rings is 2. The Labute approximate surface area is 160 Å². The second-order valence-electron chi connectivity index (χ2n) is 6.53. The number of carbonyl (C=O) groups is 1. The average molecular weight is 373 g/mol. The van der Waals surface area contributed by atoms with Gasteiger partial charge >= 0.3 is 0 Å². The lowest BCUT2D eigenvalue weighted by Gasteiger charge is -2.36. The first-order valence-electron chi connectivity index (χ1n) is 9.15. The highest BCUT2D eigenvalue weighted by Gasteiger charge is 2.20. The van der Waals surface area contributed by atoms with Crippen LogP contribution in [-0.4, -0.2) is 37.0 Å². The van der Waals surface area contributed by atoms with Crippen molar-refractivity contribution in [1.82, 2.24) is 4.90 Å². The maximum Gasteiger partial charge on any atom is 0.222 e. The fraction of sp³-hybridized carbons (Fsp3) is 0.381. The first kappa shape index (κ1) is 18.6. The molecule has 0 saturated carbocycles. The highest BCUT2D eigenvalue weighted by Crippen LogP contribution is 2.22. The molecule has 138 valence electrons. The number of piperazine rings is 1. The lowest BCUT2D eigenvalue weighted by atomic mass is 10.2. The van der Waals surface area contributed by atoms with Gasteiger partial charge in [0.05, 0.1) is 0 Å². The van der Waals surface area contributed by atoms with Crippen molar-refractivity contribution in [2.75, 3.05) is 31.1 Å². The quantitative estimate of drug-likeness (QED) is 0.754. The predicted octanol–water partition coefficient (Wildman–Crippen LogP) is 4.37. The summed E-state index contributed by atoms with van der Waals surface area (Å²) in [6.07, 6.45) is 1.57. The van der Waals surface area contributed by atoms with E-state index in [9.17, 15) is 4.79 Å². The molecule has 1 fully saturated rings. The Morgan fingerprint density at radius 1 is 1.00 bits per heavy atom. The third kappa shape index (κ3) is 4.92. The Hall–Kier alpha value is -2.20. The number of amides is 1. The van der Waals surface area contributed by atoms with Gasteiger partial charge in [0, 0.05) is 43.3 Å². The van der Waals surface area contributed by atoms with Gasteiger partial charge in [-0.15, -0.1) is 0 Å². The molecule has 0 bridgehead atoms. The zero-order valence-corrected chi connectivity index (χ0v) is 15.9. The Morgan fingerprint density at radius 3 is 2.27 bits per heavy atom. The molecule has 1 aliphatic heterocycles. The molecule has 26 heavy (non-hydrogen) atoms. The van der Waals surface area contributed by atoms with Crippen molar-refractivity contribution in [3.8, 4) is 5.75 Å². The summed E-state index contributed by atoms with van der Waals surface area (Å²) in [5.41, 5.74) is 2.26. The highest BCUT2D eigenvalue weighted by molar-refractivity contribution is 6.30. The van der Waals surface area contributed by atoms with E-state index in [-0.39, 0.29) is 5.91 Å². The maximum absolute atomic E-state index is 12.0. The molecule has 0 atom stereocenters. The van der Waals surface area contributed by atoms with Crippen LogP contribution in [0.2, 0.25) is 5.02 Å². The SMILES string of the molecule is CCCC(=O)N1CCN(c2ccc(OCc3ccc(Cl)cc3)cc2)CC1. The summed E-state index contributed by atoms with van der Waals surface area (Å²) in [4.78, 5) is 16.3. The topological polar surface area (TPSA) is 32.8 Å². The summed E-state index contributed by atoms with van der Waals surface area (Å²) in [6.45, 7) is 5.92. The number of anilines is 1. The molecule has 1 saturated heterocycles. The molecule has 0 spiro atoms. The molecule has 1 amide bonds. The number of hydrogen-bond donors (Lipinski definition) is 0. The Bertz CT molecular complexity index is 708. The lowest BCUT2D eigenvalue weighted by molar-refractivity contribution is -0.131. The molecule has 2 aromatic rings. The van der Waals surface area contributed by atoms with Gasteiger partial charge in [-0.3, -0.25) is 4.79 Å². The van der Waals surface area contributed by atoms with Gasteiger partial charge in [-0.25, -0.2) is 0 Å². The standard InChI is InChI=1S/C21H25ClN2O2/c1-2-3-21(25)24-14-12-23(13-15-24)19-8-10-20(11-9-19)26-16-17-4-6-18(22)7-5-17/h4-11H,2-3,12-16H2,1H3. The van der Waals surface area contributed by atoms with E-state index >= 15 is 0 Å². The van der Waals surface area contributed by atoms with Gasteiger partial charge in [0.25, 0.3) is 0 Å². The van der Waals surface area contributed by atoms with Crippen LogP contribution in [0.3, 0.4) is 0 Å². The summed E-state index contributed by atoms with van der Waals surface area (Å²) >= 11 is 5.89. The molecule has 4 nitrogen and oxygen atoms in total. The molecule has 0 aromatic heterocycles. The van der Waals surface area contributed by atoms with Crippen molar-refractivity contribution in [1.29, 1.82) is 0 Å². The Morgan fingerprint density at radius 2 is 1.65 bits per heavy atom. The van der Waals surface area contributed by atoms with Crippen molar-refractivity contribution in [3.63, 3.8) is 0 Å². The van der Waals surface area contributed by atoms with Crippen molar-refractivity contribution in [3.05, 3.63) is 59.1 Å². The van der Waals surface area contributed by atoms with Crippen LogP contribution in [-0.2, 0) is 11.4 Å². The van der Waals surface area contributed by atoms with E-state index in [0.29, 0.717) is 13.0 Å². The molecule has 0 aliphatic carbocycles. The van der Waals surface area contributed by atoms with Crippen molar-refractivity contribution < 1.29 is 9.53 Å². The molecular weight excluding hydrogens is 348 g/mol. The molecular formula is C21H25ClN2O2. The lowest BCUT2D eigenvalue weighted by Crippen LogP contribution is -2.48. The second-order valence-corrected chi connectivity index (χ2v) is 6.96. The summed E-state index contributed by atoms with van der Waals surface area (Å²) in [5, 5.41) is 0.731. The third-order valence-corrected chi connectivity index (χ3v) is 4.87. The molecule has 1 heterocycles. The van der Waals surface area contributed by atoms with Crippen LogP contribution < -0.4 is 9.64 Å². The number of rotatable bonds is 6. The van der Waals surface area contributed by atoms with Crippen LogP contribution in [0.25, 0.3) is 0 Å². The van der Waals surface area contributed by atoms with Gasteiger partial charge in [-0.1, -0.05) is 30.7 Å². The third-order valence-electron chi connectivity index (χ3n) is 4.62. The number of ether oxygens (including phenoxy) is 1. The summed E-state index contributed by atoms with van der Waals surface area (Å²) in [5.74, 6) is 1.12. The van der Waals surface area contributed by atoms with E-state index in [1.807, 2.05) is 48.2 Å². The van der Waals surface area contributed by atoms with E-state index < -0.39 is 0 Å². The maximum atomic E-state index is 12.0. The molecule has 0 radical (unpaired) electrons. The predicted molar refractivity (Wildman–Crippen MR) is 106 cm³/mol. The zero-order valence-electron chi connectivity index (χ0n) is 15.2. The smallest absolute Gasteiger partial charge is 0.222 e. The number of carbonyl (C=O) groups excluding carboxylic acids is 1. The largest absolute Gasteiger partial charge is 0.489 e. The molecule has 3 rings (SSSR count). The average Bonchev–Trinajstić information content (AvgIpc) is 2.68. The first-order chi connectivity index (χ1) is 12.7. The monoisotopic (exact) mass is 372 g/mol. The first-order valence-corrected chi connectivity index (χ1v) is 9.53. The minimum atomic E-state index is 0.276. The van der Waals surface area contributed by atoms with Gasteiger partial charge in [-0.2, -0.15) is 0 Å². The van der Waals surface area contributed by atoms with Gasteiger partial charge < -0.3 is 14.5 Å². The van der Waals surface area contributed by atoms with Gasteiger partial charge in [0.2, 0.25) is 5.91 Å². The molecule has 1 aliphatic rings. The fourth-order valence-corrected chi connectivity index (χ4v) is 3.21. The summed E-state index contributed by atoms with van der Waals surface area (Å²) < 4.78 is 5.84. The number of nitrogens with zero attached hydrogens (tertiary/aromatic N) is 2. The van der Waals surface area contributed by atoms with Gasteiger partial charge in [0.1, 0.15) is 12.4 Å². The van der Waals surface area contributed by atoms with Crippen LogP contribution in [0.4, 0.5) is 5.69 Å². The van der Waals surface area contributed by atoms with Crippen molar-refractivity contribution >= 4 is 23.2 Å². The Kier molecular flexibility index (Phi) is 6.40. The van der Waals surface area contributed by atoms with Gasteiger partial charge in [0.15, 0.2) is 0 Å². The molecule has 0 unspecified atom stereocenters. The van der Waals surface area contributed by atoms with Crippen LogP contribution in [0.1, 0.15) is 25.3 Å². The Balaban J connectivity index is 1.50. The van der Waals surface area contributed by atoms with Crippen LogP contribution >= 0.6 is 11.6 Å². The minimum Gasteiger partial charge on any atom is -0.489 e. The number of hydrogen-bond acceptors (Lipinski definition) is 3. The van der Waals surface area contributed by atoms with E-state index in [1.165, 1.54) is 5.69 Å². The molecule has 5 heteroatoms. The number of halogens is 1. The minimum absolute atomic E-state index is 0.276. The second kappa shape index (κ2) is 8.95. The summed E-state index contributed by atoms with van der Waals surface area (Å²) in [7, 11) is 0. The van der Waals surface area contributed by atoms with E-state index in [4.69, 9.17) is 16.3 Å².